The zero-order valence-electron chi connectivity index (χ0n) is 16.2. The molecule has 2 aliphatic carbocycles. The third-order valence-corrected chi connectivity index (χ3v) is 5.88. The second-order valence-corrected chi connectivity index (χ2v) is 7.78. The molecule has 29 heavy (non-hydrogen) atoms. The van der Waals surface area contributed by atoms with Gasteiger partial charge in [-0.3, -0.25) is 24.1 Å². The summed E-state index contributed by atoms with van der Waals surface area (Å²) in [4.78, 5) is 49.9. The molecular formula is C22H24N2O5. The Hall–Kier alpha value is -2.96. The molecule has 0 spiro atoms. The summed E-state index contributed by atoms with van der Waals surface area (Å²) in [5, 5.41) is 2.73. The van der Waals surface area contributed by atoms with Gasteiger partial charge in [0.1, 0.15) is 0 Å². The number of benzene rings is 1. The molecule has 7 heteroatoms. The highest BCUT2D eigenvalue weighted by molar-refractivity contribution is 6.05. The fraction of sp³-hybridized carbons (Fsp3) is 0.455. The van der Waals surface area contributed by atoms with Crippen LogP contribution in [-0.2, 0) is 36.8 Å². The topological polar surface area (TPSA) is 92.8 Å². The summed E-state index contributed by atoms with van der Waals surface area (Å²) in [6, 6.07) is 5.82. The van der Waals surface area contributed by atoms with Crippen LogP contribution in [0.1, 0.15) is 36.8 Å². The monoisotopic (exact) mass is 396 g/mol. The van der Waals surface area contributed by atoms with E-state index >= 15 is 0 Å². The lowest BCUT2D eigenvalue weighted by Gasteiger charge is -2.14. The van der Waals surface area contributed by atoms with E-state index in [1.54, 1.807) is 0 Å². The second-order valence-electron chi connectivity index (χ2n) is 7.78. The number of rotatable bonds is 6. The zero-order chi connectivity index (χ0) is 20.4. The number of likely N-dealkylation sites (tertiary alicyclic amines) is 1. The zero-order valence-corrected chi connectivity index (χ0v) is 16.2. The van der Waals surface area contributed by atoms with Crippen LogP contribution in [0.2, 0.25) is 0 Å². The Morgan fingerprint density at radius 3 is 2.45 bits per heavy atom. The molecule has 2 atom stereocenters. The van der Waals surface area contributed by atoms with Gasteiger partial charge in [-0.2, -0.15) is 0 Å². The molecule has 0 radical (unpaired) electrons. The maximum absolute atomic E-state index is 12.4. The summed E-state index contributed by atoms with van der Waals surface area (Å²) < 4.78 is 5.01. The summed E-state index contributed by atoms with van der Waals surface area (Å²) >= 11 is 0. The molecule has 1 aliphatic heterocycles. The Kier molecular flexibility index (Phi) is 5.47. The summed E-state index contributed by atoms with van der Waals surface area (Å²) in [5.74, 6) is -2.06. The quantitative estimate of drug-likeness (QED) is 0.451. The summed E-state index contributed by atoms with van der Waals surface area (Å²) in [5.41, 5.74) is 3.25. The summed E-state index contributed by atoms with van der Waals surface area (Å²) in [6.45, 7) is -0.400. The Morgan fingerprint density at radius 2 is 1.72 bits per heavy atom. The minimum atomic E-state index is -0.609. The van der Waals surface area contributed by atoms with Crippen LogP contribution in [0, 0.1) is 11.8 Å². The molecule has 4 rings (SSSR count). The first kappa shape index (κ1) is 19.4. The van der Waals surface area contributed by atoms with E-state index in [2.05, 4.69) is 5.32 Å². The fourth-order valence-corrected chi connectivity index (χ4v) is 4.36. The van der Waals surface area contributed by atoms with E-state index in [1.165, 1.54) is 11.1 Å². The van der Waals surface area contributed by atoms with Gasteiger partial charge in [0, 0.05) is 12.2 Å². The largest absolute Gasteiger partial charge is 0.456 e. The highest BCUT2D eigenvalue weighted by Gasteiger charge is 2.46. The molecule has 1 aromatic rings. The minimum Gasteiger partial charge on any atom is -0.456 e. The molecule has 152 valence electrons. The van der Waals surface area contributed by atoms with Crippen LogP contribution < -0.4 is 5.32 Å². The van der Waals surface area contributed by atoms with Gasteiger partial charge in [0.05, 0.1) is 18.3 Å². The van der Waals surface area contributed by atoms with Crippen LogP contribution in [0.5, 0.6) is 0 Å². The maximum Gasteiger partial charge on any atom is 0.308 e. The molecule has 3 aliphatic rings. The minimum absolute atomic E-state index is 0.00403. The van der Waals surface area contributed by atoms with E-state index in [4.69, 9.17) is 4.74 Å². The van der Waals surface area contributed by atoms with Crippen molar-refractivity contribution in [2.24, 2.45) is 11.8 Å². The van der Waals surface area contributed by atoms with E-state index in [0.717, 1.165) is 24.2 Å². The number of ether oxygens (including phenoxy) is 1. The lowest BCUT2D eigenvalue weighted by molar-refractivity contribution is -0.148. The van der Waals surface area contributed by atoms with Crippen molar-refractivity contribution < 1.29 is 23.9 Å². The second kappa shape index (κ2) is 8.19. The van der Waals surface area contributed by atoms with Crippen LogP contribution in [0.4, 0.5) is 5.69 Å². The van der Waals surface area contributed by atoms with Gasteiger partial charge in [-0.05, 0) is 55.4 Å². The number of allylic oxidation sites excluding steroid dienone is 2. The van der Waals surface area contributed by atoms with Crippen molar-refractivity contribution in [3.63, 3.8) is 0 Å². The molecular weight excluding hydrogens is 372 g/mol. The first-order chi connectivity index (χ1) is 14.0. The van der Waals surface area contributed by atoms with Gasteiger partial charge in [0.25, 0.3) is 5.91 Å². The number of nitrogens with zero attached hydrogens (tertiary/aromatic N) is 1. The number of carbonyl (C=O) groups excluding carboxylic acids is 4. The number of nitrogens with one attached hydrogen (secondary N) is 1. The third-order valence-electron chi connectivity index (χ3n) is 5.88. The van der Waals surface area contributed by atoms with Gasteiger partial charge in [-0.15, -0.1) is 0 Å². The Labute approximate surface area is 169 Å². The molecule has 1 aromatic carbocycles. The number of anilines is 1. The molecule has 1 heterocycles. The van der Waals surface area contributed by atoms with Crippen LogP contribution in [0.25, 0.3) is 0 Å². The first-order valence-electron chi connectivity index (χ1n) is 10.1. The fourth-order valence-electron chi connectivity index (χ4n) is 4.36. The lowest BCUT2D eigenvalue weighted by Crippen LogP contribution is -2.33. The van der Waals surface area contributed by atoms with Gasteiger partial charge in [0.15, 0.2) is 6.61 Å². The van der Waals surface area contributed by atoms with Crippen molar-refractivity contribution in [3.8, 4) is 0 Å². The molecule has 1 N–H and O–H groups in total. The molecule has 0 bridgehead atoms. The van der Waals surface area contributed by atoms with Crippen molar-refractivity contribution in [3.05, 3.63) is 41.5 Å². The Bertz CT molecular complexity index is 865. The van der Waals surface area contributed by atoms with Crippen LogP contribution in [0.3, 0.4) is 0 Å². The van der Waals surface area contributed by atoms with E-state index in [9.17, 15) is 19.2 Å². The summed E-state index contributed by atoms with van der Waals surface area (Å²) in [6.07, 6.45) is 8.08. The van der Waals surface area contributed by atoms with Crippen molar-refractivity contribution in [1.29, 1.82) is 0 Å². The van der Waals surface area contributed by atoms with Gasteiger partial charge in [-0.1, -0.05) is 18.2 Å². The van der Waals surface area contributed by atoms with E-state index in [0.29, 0.717) is 18.5 Å². The molecule has 7 nitrogen and oxygen atoms in total. The standard InChI is InChI=1S/C22H24N2O5/c25-19(23-16-9-8-14-4-3-5-15(14)12-16)13-29-20(26)10-11-24-21(27)17-6-1-2-7-18(17)22(24)28/h1-2,8-9,12,17-18H,3-7,10-11,13H2,(H,23,25)/t17-,18+. The highest BCUT2D eigenvalue weighted by atomic mass is 16.5. The predicted octanol–water partition coefficient (Wildman–Crippen LogP) is 2.00. The van der Waals surface area contributed by atoms with E-state index in [-0.39, 0.29) is 36.6 Å². The number of fused-ring (bicyclic) bond motifs is 2. The predicted molar refractivity (Wildman–Crippen MR) is 105 cm³/mol. The lowest BCUT2D eigenvalue weighted by atomic mass is 9.85. The molecule has 0 saturated carbocycles. The Morgan fingerprint density at radius 1 is 1.03 bits per heavy atom. The molecule has 1 fully saturated rings. The third kappa shape index (κ3) is 4.09. The van der Waals surface area contributed by atoms with E-state index in [1.807, 2.05) is 30.4 Å². The number of aryl methyl sites for hydroxylation is 2. The van der Waals surface area contributed by atoms with Gasteiger partial charge in [-0.25, -0.2) is 0 Å². The average Bonchev–Trinajstić information content (AvgIpc) is 3.28. The molecule has 0 aromatic heterocycles. The molecule has 3 amide bonds. The van der Waals surface area contributed by atoms with Crippen molar-refractivity contribution in [1.82, 2.24) is 4.90 Å². The highest BCUT2D eigenvalue weighted by Crippen LogP contribution is 2.35. The molecule has 0 unspecified atom stereocenters. The number of carbonyl (C=O) groups is 4. The summed E-state index contributed by atoms with van der Waals surface area (Å²) in [7, 11) is 0. The Balaban J connectivity index is 1.21. The maximum atomic E-state index is 12.4. The van der Waals surface area contributed by atoms with E-state index < -0.39 is 18.5 Å². The van der Waals surface area contributed by atoms with Crippen LogP contribution in [0.15, 0.2) is 30.4 Å². The van der Waals surface area contributed by atoms with Gasteiger partial charge in [0.2, 0.25) is 11.8 Å². The average molecular weight is 396 g/mol. The smallest absolute Gasteiger partial charge is 0.308 e. The van der Waals surface area contributed by atoms with Crippen LogP contribution >= 0.6 is 0 Å². The molecule has 1 saturated heterocycles. The number of hydrogen-bond acceptors (Lipinski definition) is 5. The van der Waals surface area contributed by atoms with Gasteiger partial charge < -0.3 is 10.1 Å². The number of hydrogen-bond donors (Lipinski definition) is 1. The SMILES string of the molecule is O=C(COC(=O)CCN1C(=O)[C@H]2CC=CC[C@H]2C1=O)Nc1ccc2c(c1)CCC2. The number of amides is 3. The number of esters is 1. The van der Waals surface area contributed by atoms with Gasteiger partial charge >= 0.3 is 5.97 Å². The number of imide groups is 1. The van der Waals surface area contributed by atoms with Crippen molar-refractivity contribution in [2.45, 2.75) is 38.5 Å². The first-order valence-corrected chi connectivity index (χ1v) is 10.1. The van der Waals surface area contributed by atoms with Crippen LogP contribution in [-0.4, -0.2) is 41.7 Å². The van der Waals surface area contributed by atoms with Crippen molar-refractivity contribution >= 4 is 29.4 Å². The normalized spacial score (nSPS) is 22.4. The van der Waals surface area contributed by atoms with Crippen molar-refractivity contribution in [2.75, 3.05) is 18.5 Å².